The summed E-state index contributed by atoms with van der Waals surface area (Å²) >= 11 is 6.28. The largest absolute Gasteiger partial charge is 0.308 e. The molecular formula is C21H25ClN2O3S. The van der Waals surface area contributed by atoms with Gasteiger partial charge in [-0.15, -0.1) is 0 Å². The molecule has 2 aromatic carbocycles. The van der Waals surface area contributed by atoms with Crippen molar-refractivity contribution in [2.75, 3.05) is 25.5 Å². The lowest BCUT2D eigenvalue weighted by molar-refractivity contribution is 0.0985. The predicted molar refractivity (Wildman–Crippen MR) is 113 cm³/mol. The van der Waals surface area contributed by atoms with Crippen molar-refractivity contribution in [2.45, 2.75) is 37.5 Å². The molecule has 0 fully saturated rings. The molecule has 150 valence electrons. The van der Waals surface area contributed by atoms with Crippen LogP contribution in [0, 0.1) is 0 Å². The molecule has 0 bridgehead atoms. The summed E-state index contributed by atoms with van der Waals surface area (Å²) in [7, 11) is -0.738. The molecule has 1 heterocycles. The van der Waals surface area contributed by atoms with Crippen LogP contribution >= 0.6 is 11.6 Å². The molecule has 0 atom stereocenters. The number of fused-ring (bicyclic) bond motifs is 1. The van der Waals surface area contributed by atoms with E-state index in [1.165, 1.54) is 37.9 Å². The minimum atomic E-state index is -3.65. The van der Waals surface area contributed by atoms with Gasteiger partial charge < -0.3 is 4.90 Å². The van der Waals surface area contributed by atoms with Gasteiger partial charge in [0.15, 0.2) is 0 Å². The highest BCUT2D eigenvalue weighted by molar-refractivity contribution is 7.89. The van der Waals surface area contributed by atoms with Crippen molar-refractivity contribution in [3.05, 3.63) is 58.1 Å². The van der Waals surface area contributed by atoms with Crippen LogP contribution in [0.5, 0.6) is 0 Å². The van der Waals surface area contributed by atoms with Crippen LogP contribution in [0.15, 0.2) is 41.3 Å². The molecule has 7 heteroatoms. The Hall–Kier alpha value is -1.89. The van der Waals surface area contributed by atoms with E-state index >= 15 is 0 Å². The van der Waals surface area contributed by atoms with Gasteiger partial charge >= 0.3 is 0 Å². The number of hydrogen-bond acceptors (Lipinski definition) is 3. The van der Waals surface area contributed by atoms with Crippen molar-refractivity contribution in [3.8, 4) is 0 Å². The number of carbonyl (C=O) groups excluding carboxylic acids is 1. The van der Waals surface area contributed by atoms with Crippen molar-refractivity contribution < 1.29 is 13.2 Å². The number of amides is 1. The highest BCUT2D eigenvalue weighted by Gasteiger charge is 2.27. The second kappa shape index (κ2) is 7.85. The summed E-state index contributed by atoms with van der Waals surface area (Å²) in [6.07, 6.45) is 1.77. The van der Waals surface area contributed by atoms with Crippen molar-refractivity contribution in [3.63, 3.8) is 0 Å². The fourth-order valence-electron chi connectivity index (χ4n) is 3.37. The molecule has 28 heavy (non-hydrogen) atoms. The molecule has 1 amide bonds. The molecule has 0 saturated carbocycles. The average Bonchev–Trinajstić information content (AvgIpc) is 2.66. The summed E-state index contributed by atoms with van der Waals surface area (Å²) in [5.74, 6) is 0.137. The van der Waals surface area contributed by atoms with Crippen LogP contribution in [0.25, 0.3) is 0 Å². The van der Waals surface area contributed by atoms with Crippen LogP contribution in [0.1, 0.15) is 47.7 Å². The number of carbonyl (C=O) groups is 1. The Balaban J connectivity index is 2.03. The van der Waals surface area contributed by atoms with Crippen LogP contribution in [-0.4, -0.2) is 39.3 Å². The number of sulfonamides is 1. The maximum atomic E-state index is 13.3. The molecule has 0 radical (unpaired) electrons. The molecule has 2 aromatic rings. The standard InChI is InChI=1S/C21H25ClN2O3S/c1-14(2)15-7-10-20-16(12-15)6-5-11-24(20)21(25)18-13-17(8-9-19(18)22)28(26,27)23(3)4/h7-10,12-14H,5-6,11H2,1-4H3. The number of aryl methyl sites for hydroxylation is 1. The zero-order valence-corrected chi connectivity index (χ0v) is 18.1. The first-order valence-corrected chi connectivity index (χ1v) is 11.1. The highest BCUT2D eigenvalue weighted by Crippen LogP contribution is 2.33. The third kappa shape index (κ3) is 3.81. The Labute approximate surface area is 172 Å². The predicted octanol–water partition coefficient (Wildman–Crippen LogP) is 4.31. The van der Waals surface area contributed by atoms with Gasteiger partial charge in [0.05, 0.1) is 15.5 Å². The Kier molecular flexibility index (Phi) is 5.84. The first-order chi connectivity index (χ1) is 13.1. The van der Waals surface area contributed by atoms with Crippen LogP contribution in [0.2, 0.25) is 5.02 Å². The minimum absolute atomic E-state index is 0.0534. The molecule has 0 aromatic heterocycles. The van der Waals surface area contributed by atoms with Crippen molar-refractivity contribution >= 4 is 33.2 Å². The van der Waals surface area contributed by atoms with Gasteiger partial charge in [0.1, 0.15) is 0 Å². The molecule has 1 aliphatic heterocycles. The summed E-state index contributed by atoms with van der Waals surface area (Å²) < 4.78 is 26.0. The van der Waals surface area contributed by atoms with E-state index in [-0.39, 0.29) is 21.4 Å². The summed E-state index contributed by atoms with van der Waals surface area (Å²) in [6.45, 7) is 4.86. The van der Waals surface area contributed by atoms with Gasteiger partial charge in [-0.2, -0.15) is 0 Å². The molecule has 0 spiro atoms. The smallest absolute Gasteiger partial charge is 0.259 e. The summed E-state index contributed by atoms with van der Waals surface area (Å²) in [5, 5.41) is 0.244. The number of nitrogens with zero attached hydrogens (tertiary/aromatic N) is 2. The van der Waals surface area contributed by atoms with Crippen molar-refractivity contribution in [1.82, 2.24) is 4.31 Å². The van der Waals surface area contributed by atoms with E-state index in [0.717, 1.165) is 28.4 Å². The summed E-state index contributed by atoms with van der Waals surface area (Å²) in [5.41, 5.74) is 3.45. The van der Waals surface area contributed by atoms with E-state index in [4.69, 9.17) is 11.6 Å². The fraction of sp³-hybridized carbons (Fsp3) is 0.381. The zero-order chi connectivity index (χ0) is 20.6. The summed E-state index contributed by atoms with van der Waals surface area (Å²) in [4.78, 5) is 15.0. The quantitative estimate of drug-likeness (QED) is 0.740. The van der Waals surface area contributed by atoms with Gasteiger partial charge in [0.2, 0.25) is 10.0 Å². The number of anilines is 1. The van der Waals surface area contributed by atoms with Gasteiger partial charge in [0.25, 0.3) is 5.91 Å². The molecular weight excluding hydrogens is 396 g/mol. The lowest BCUT2D eigenvalue weighted by atomic mass is 9.94. The maximum Gasteiger partial charge on any atom is 0.259 e. The second-order valence-electron chi connectivity index (χ2n) is 7.53. The number of benzene rings is 2. The van der Waals surface area contributed by atoms with E-state index in [9.17, 15) is 13.2 Å². The van der Waals surface area contributed by atoms with Crippen molar-refractivity contribution in [2.24, 2.45) is 0 Å². The Morgan fingerprint density at radius 3 is 2.50 bits per heavy atom. The maximum absolute atomic E-state index is 13.3. The SMILES string of the molecule is CC(C)c1ccc2c(c1)CCCN2C(=O)c1cc(S(=O)(=O)N(C)C)ccc1Cl. The van der Waals surface area contributed by atoms with E-state index in [1.54, 1.807) is 4.90 Å². The lowest BCUT2D eigenvalue weighted by Crippen LogP contribution is -2.36. The minimum Gasteiger partial charge on any atom is -0.308 e. The summed E-state index contributed by atoms with van der Waals surface area (Å²) in [6, 6.07) is 10.5. The van der Waals surface area contributed by atoms with Crippen molar-refractivity contribution in [1.29, 1.82) is 0 Å². The third-order valence-corrected chi connectivity index (χ3v) is 7.22. The van der Waals surface area contributed by atoms with Crippen LogP contribution < -0.4 is 4.90 Å². The first-order valence-electron chi connectivity index (χ1n) is 9.29. The van der Waals surface area contributed by atoms with Crippen LogP contribution in [-0.2, 0) is 16.4 Å². The van der Waals surface area contributed by atoms with Crippen LogP contribution in [0.3, 0.4) is 0 Å². The fourth-order valence-corrected chi connectivity index (χ4v) is 4.50. The molecule has 0 unspecified atom stereocenters. The van der Waals surface area contributed by atoms with Gasteiger partial charge in [-0.25, -0.2) is 12.7 Å². The van der Waals surface area contributed by atoms with E-state index in [1.807, 2.05) is 12.1 Å². The lowest BCUT2D eigenvalue weighted by Gasteiger charge is -2.30. The highest BCUT2D eigenvalue weighted by atomic mass is 35.5. The number of hydrogen-bond donors (Lipinski definition) is 0. The van der Waals surface area contributed by atoms with E-state index in [0.29, 0.717) is 12.5 Å². The zero-order valence-electron chi connectivity index (χ0n) is 16.6. The van der Waals surface area contributed by atoms with Gasteiger partial charge in [-0.3, -0.25) is 4.79 Å². The van der Waals surface area contributed by atoms with Crippen LogP contribution in [0.4, 0.5) is 5.69 Å². The van der Waals surface area contributed by atoms with Gasteiger partial charge in [0, 0.05) is 26.3 Å². The monoisotopic (exact) mass is 420 g/mol. The molecule has 3 rings (SSSR count). The number of rotatable bonds is 4. The Morgan fingerprint density at radius 1 is 1.14 bits per heavy atom. The van der Waals surface area contributed by atoms with E-state index in [2.05, 4.69) is 19.9 Å². The Bertz CT molecular complexity index is 1020. The van der Waals surface area contributed by atoms with Gasteiger partial charge in [-0.05, 0) is 54.2 Å². The molecule has 1 aliphatic rings. The molecule has 0 saturated heterocycles. The third-order valence-electron chi connectivity index (χ3n) is 5.08. The normalized spacial score (nSPS) is 14.5. The Morgan fingerprint density at radius 2 is 1.86 bits per heavy atom. The van der Waals surface area contributed by atoms with E-state index < -0.39 is 10.0 Å². The average molecular weight is 421 g/mol. The molecule has 5 nitrogen and oxygen atoms in total. The number of halogens is 1. The topological polar surface area (TPSA) is 57.7 Å². The van der Waals surface area contributed by atoms with Gasteiger partial charge in [-0.1, -0.05) is 37.6 Å². The molecule has 0 aliphatic carbocycles. The first kappa shape index (κ1) is 20.8. The molecule has 0 N–H and O–H groups in total. The second-order valence-corrected chi connectivity index (χ2v) is 10.1.